The largest absolute Gasteiger partial charge is 0.289 e. The van der Waals surface area contributed by atoms with Crippen molar-refractivity contribution in [1.29, 1.82) is 0 Å². The van der Waals surface area contributed by atoms with Gasteiger partial charge >= 0.3 is 0 Å². The summed E-state index contributed by atoms with van der Waals surface area (Å²) >= 11 is 0. The van der Waals surface area contributed by atoms with Gasteiger partial charge in [0.2, 0.25) is 0 Å². The van der Waals surface area contributed by atoms with Crippen molar-refractivity contribution in [3.8, 4) is 0 Å². The Morgan fingerprint density at radius 1 is 1.17 bits per heavy atom. The lowest BCUT2D eigenvalue weighted by atomic mass is 10.1. The molecule has 0 fully saturated rings. The fourth-order valence-electron chi connectivity index (χ4n) is 1.06. The quantitative estimate of drug-likeness (QED) is 0.602. The molecule has 2 rings (SSSR count). The number of rotatable bonds is 2. The third-order valence-corrected chi connectivity index (χ3v) is 1.91. The van der Waals surface area contributed by atoms with Gasteiger partial charge in [-0.2, -0.15) is 0 Å². The van der Waals surface area contributed by atoms with Crippen LogP contribution in [-0.2, 0) is 0 Å². The second kappa shape index (κ2) is 2.59. The van der Waals surface area contributed by atoms with E-state index in [0.29, 0.717) is 0 Å². The van der Waals surface area contributed by atoms with Crippen molar-refractivity contribution < 1.29 is 4.79 Å². The van der Waals surface area contributed by atoms with Crippen LogP contribution in [0.4, 0.5) is 0 Å². The van der Waals surface area contributed by atoms with Gasteiger partial charge in [-0.25, -0.2) is 0 Å². The fourth-order valence-corrected chi connectivity index (χ4v) is 1.06. The van der Waals surface area contributed by atoms with Gasteiger partial charge in [0.05, 0.1) is 0 Å². The molecule has 0 bridgehead atoms. The number of carbonyl (C=O) groups is 1. The molecule has 1 heteroatoms. The number of benzene rings is 1. The summed E-state index contributed by atoms with van der Waals surface area (Å²) in [5.41, 5.74) is 2.79. The lowest BCUT2D eigenvalue weighted by Gasteiger charge is -1.96. The van der Waals surface area contributed by atoms with Gasteiger partial charge in [-0.1, -0.05) is 35.9 Å². The molecule has 0 saturated heterocycles. The maximum absolute atomic E-state index is 11.4. The van der Waals surface area contributed by atoms with Gasteiger partial charge in [-0.15, -0.1) is 0 Å². The molecule has 1 aromatic rings. The Labute approximate surface area is 71.7 Å². The van der Waals surface area contributed by atoms with E-state index in [1.165, 1.54) is 5.56 Å². The Kier molecular flexibility index (Phi) is 1.58. The number of Topliss-reactive ketones (excluding diaryl/α,β-unsaturated/α-hetero) is 1. The van der Waals surface area contributed by atoms with Gasteiger partial charge in [-0.3, -0.25) is 4.79 Å². The average Bonchev–Trinajstić information content (AvgIpc) is 2.87. The molecule has 1 aliphatic rings. The number of allylic oxidation sites excluding steroid dienone is 2. The summed E-state index contributed by atoms with van der Waals surface area (Å²) in [6.45, 7) is 2.01. The molecule has 0 atom stereocenters. The highest BCUT2D eigenvalue weighted by molar-refractivity contribution is 6.13. The van der Waals surface area contributed by atoms with E-state index in [0.717, 1.165) is 11.1 Å². The van der Waals surface area contributed by atoms with Gasteiger partial charge in [0, 0.05) is 17.6 Å². The van der Waals surface area contributed by atoms with Gasteiger partial charge in [0.1, 0.15) is 0 Å². The topological polar surface area (TPSA) is 17.1 Å². The summed E-state index contributed by atoms with van der Waals surface area (Å²) in [5, 5.41) is 0. The summed E-state index contributed by atoms with van der Waals surface area (Å²) in [4.78, 5) is 11.4. The number of ketones is 1. The highest BCUT2D eigenvalue weighted by Crippen LogP contribution is 2.22. The standard InChI is InChI=1S/C11H9O/c1-8-2-4-9(5-3-8)11(12)10-6-7-10/h2-7H,1H3. The van der Waals surface area contributed by atoms with Crippen LogP contribution in [-0.4, -0.2) is 5.78 Å². The van der Waals surface area contributed by atoms with Crippen molar-refractivity contribution in [2.45, 2.75) is 6.92 Å². The normalized spacial score (nSPS) is 13.9. The summed E-state index contributed by atoms with van der Waals surface area (Å²) in [7, 11) is 0. The number of hydrogen-bond acceptors (Lipinski definition) is 1. The van der Waals surface area contributed by atoms with Crippen molar-refractivity contribution in [2.24, 2.45) is 0 Å². The Morgan fingerprint density at radius 3 is 2.25 bits per heavy atom. The van der Waals surface area contributed by atoms with Gasteiger partial charge < -0.3 is 0 Å². The molecule has 0 heterocycles. The lowest BCUT2D eigenvalue weighted by molar-refractivity contribution is 0.104. The zero-order valence-corrected chi connectivity index (χ0v) is 6.87. The highest BCUT2D eigenvalue weighted by Gasteiger charge is 2.18. The van der Waals surface area contributed by atoms with Crippen LogP contribution >= 0.6 is 0 Å². The van der Waals surface area contributed by atoms with Gasteiger partial charge in [0.15, 0.2) is 5.78 Å². The Hall–Kier alpha value is -1.37. The van der Waals surface area contributed by atoms with Crippen molar-refractivity contribution in [2.75, 3.05) is 0 Å². The van der Waals surface area contributed by atoms with E-state index in [9.17, 15) is 4.79 Å². The van der Waals surface area contributed by atoms with Crippen LogP contribution in [0.2, 0.25) is 0 Å². The lowest BCUT2D eigenvalue weighted by Crippen LogP contribution is -1.95. The first-order chi connectivity index (χ1) is 5.77. The molecule has 0 saturated carbocycles. The number of aryl methyl sites for hydroxylation is 1. The monoisotopic (exact) mass is 157 g/mol. The zero-order chi connectivity index (χ0) is 8.55. The summed E-state index contributed by atoms with van der Waals surface area (Å²) in [5.74, 6) is 0.134. The van der Waals surface area contributed by atoms with Gasteiger partial charge in [0.25, 0.3) is 0 Å². The first-order valence-electron chi connectivity index (χ1n) is 3.94. The van der Waals surface area contributed by atoms with Crippen LogP contribution in [0.1, 0.15) is 15.9 Å². The summed E-state index contributed by atoms with van der Waals surface area (Å²) in [6, 6.07) is 7.64. The summed E-state index contributed by atoms with van der Waals surface area (Å²) < 4.78 is 0. The second-order valence-electron chi connectivity index (χ2n) is 2.98. The molecule has 12 heavy (non-hydrogen) atoms. The van der Waals surface area contributed by atoms with E-state index in [-0.39, 0.29) is 5.78 Å². The maximum Gasteiger partial charge on any atom is 0.189 e. The zero-order valence-electron chi connectivity index (χ0n) is 6.87. The predicted molar refractivity (Wildman–Crippen MR) is 47.9 cm³/mol. The molecule has 0 N–H and O–H groups in total. The maximum atomic E-state index is 11.4. The summed E-state index contributed by atoms with van der Waals surface area (Å²) in [6.07, 6.45) is 3.67. The van der Waals surface area contributed by atoms with E-state index < -0.39 is 0 Å². The van der Waals surface area contributed by atoms with Crippen LogP contribution in [0.15, 0.2) is 35.9 Å². The molecular weight excluding hydrogens is 148 g/mol. The predicted octanol–water partition coefficient (Wildman–Crippen LogP) is 2.32. The first kappa shape index (κ1) is 7.29. The molecule has 1 nitrogen and oxygen atoms in total. The van der Waals surface area contributed by atoms with Crippen LogP contribution in [0.3, 0.4) is 0 Å². The molecule has 0 aromatic heterocycles. The molecule has 59 valence electrons. The van der Waals surface area contributed by atoms with E-state index in [4.69, 9.17) is 0 Å². The van der Waals surface area contributed by atoms with Crippen molar-refractivity contribution in [1.82, 2.24) is 0 Å². The van der Waals surface area contributed by atoms with E-state index in [2.05, 4.69) is 0 Å². The average molecular weight is 157 g/mol. The first-order valence-corrected chi connectivity index (χ1v) is 3.94. The number of carbonyl (C=O) groups excluding carboxylic acids is 1. The molecular formula is C11H9O. The van der Waals surface area contributed by atoms with Crippen LogP contribution in [0, 0.1) is 13.3 Å². The molecule has 0 unspecified atom stereocenters. The number of hydrogen-bond donors (Lipinski definition) is 0. The molecule has 1 aliphatic carbocycles. The fraction of sp³-hybridized carbons (Fsp3) is 0.0909. The minimum Gasteiger partial charge on any atom is -0.289 e. The SMILES string of the molecule is Cc1ccc(C(=O)C2=C[CH]2)cc1. The minimum atomic E-state index is 0.134. The van der Waals surface area contributed by atoms with E-state index >= 15 is 0 Å². The molecule has 1 radical (unpaired) electrons. The van der Waals surface area contributed by atoms with Crippen LogP contribution in [0.5, 0.6) is 0 Å². The van der Waals surface area contributed by atoms with Crippen molar-refractivity contribution in [3.05, 3.63) is 53.5 Å². The Morgan fingerprint density at radius 2 is 1.75 bits per heavy atom. The van der Waals surface area contributed by atoms with E-state index in [1.54, 1.807) is 0 Å². The Bertz CT molecular complexity index is 344. The molecule has 0 amide bonds. The third kappa shape index (κ3) is 1.30. The minimum absolute atomic E-state index is 0.134. The Balaban J connectivity index is 2.28. The smallest absolute Gasteiger partial charge is 0.189 e. The van der Waals surface area contributed by atoms with Crippen molar-refractivity contribution >= 4 is 5.78 Å². The van der Waals surface area contributed by atoms with Gasteiger partial charge in [-0.05, 0) is 6.92 Å². The van der Waals surface area contributed by atoms with Crippen LogP contribution in [0.25, 0.3) is 0 Å². The van der Waals surface area contributed by atoms with E-state index in [1.807, 2.05) is 43.7 Å². The highest BCUT2D eigenvalue weighted by atomic mass is 16.1. The second-order valence-corrected chi connectivity index (χ2v) is 2.98. The molecule has 0 spiro atoms. The molecule has 0 aliphatic heterocycles. The third-order valence-electron chi connectivity index (χ3n) is 1.91. The van der Waals surface area contributed by atoms with Crippen molar-refractivity contribution in [3.63, 3.8) is 0 Å². The molecule has 1 aromatic carbocycles. The van der Waals surface area contributed by atoms with Crippen LogP contribution < -0.4 is 0 Å².